The number of piperidine rings is 1. The van der Waals surface area contributed by atoms with Crippen LogP contribution in [0.2, 0.25) is 0 Å². The molecule has 2 aliphatic rings. The van der Waals surface area contributed by atoms with Crippen molar-refractivity contribution < 1.29 is 4.74 Å². The van der Waals surface area contributed by atoms with Gasteiger partial charge in [0.15, 0.2) is 5.96 Å². The average Bonchev–Trinajstić information content (AvgIpc) is 3.08. The molecule has 1 aliphatic carbocycles. The second-order valence-corrected chi connectivity index (χ2v) is 7.02. The Morgan fingerprint density at radius 2 is 1.83 bits per heavy atom. The van der Waals surface area contributed by atoms with Gasteiger partial charge in [-0.15, -0.1) is 0 Å². The number of likely N-dealkylation sites (tertiary alicyclic amines) is 1. The van der Waals surface area contributed by atoms with Gasteiger partial charge in [0.05, 0.1) is 6.10 Å². The monoisotopic (exact) mass is 323 g/mol. The maximum atomic E-state index is 5.75. The van der Waals surface area contributed by atoms with Gasteiger partial charge in [0, 0.05) is 32.8 Å². The number of aliphatic imine (C=N–C) groups is 1. The van der Waals surface area contributed by atoms with Gasteiger partial charge < -0.3 is 15.0 Å². The molecule has 23 heavy (non-hydrogen) atoms. The fourth-order valence-corrected chi connectivity index (χ4v) is 3.92. The summed E-state index contributed by atoms with van der Waals surface area (Å²) in [5, 5.41) is 3.47. The summed E-state index contributed by atoms with van der Waals surface area (Å²) in [6.07, 6.45) is 12.6. The summed E-state index contributed by atoms with van der Waals surface area (Å²) in [7, 11) is 0. The van der Waals surface area contributed by atoms with E-state index < -0.39 is 0 Å². The summed E-state index contributed by atoms with van der Waals surface area (Å²) in [6.45, 7) is 9.13. The Hall–Kier alpha value is -0.770. The standard InChI is InChI=1S/C19H37N3O/c1-3-20-19(22-15-12-18(13-16-22)23-4-2)21-14-8-7-11-17-9-5-6-10-17/h17-18H,3-16H2,1-2H3,(H,20,21). The van der Waals surface area contributed by atoms with Gasteiger partial charge in [-0.1, -0.05) is 38.5 Å². The van der Waals surface area contributed by atoms with Gasteiger partial charge in [-0.25, -0.2) is 0 Å². The molecule has 0 amide bonds. The molecule has 4 nitrogen and oxygen atoms in total. The van der Waals surface area contributed by atoms with Gasteiger partial charge in [-0.2, -0.15) is 0 Å². The lowest BCUT2D eigenvalue weighted by Crippen LogP contribution is -2.47. The number of ether oxygens (including phenoxy) is 1. The van der Waals surface area contributed by atoms with Crippen molar-refractivity contribution in [1.29, 1.82) is 0 Å². The highest BCUT2D eigenvalue weighted by atomic mass is 16.5. The first kappa shape index (κ1) is 18.6. The summed E-state index contributed by atoms with van der Waals surface area (Å²) in [4.78, 5) is 7.28. The number of hydrogen-bond acceptors (Lipinski definition) is 2. The molecular formula is C19H37N3O. The third-order valence-corrected chi connectivity index (χ3v) is 5.24. The quantitative estimate of drug-likeness (QED) is 0.419. The van der Waals surface area contributed by atoms with Gasteiger partial charge in [0.1, 0.15) is 0 Å². The number of hydrogen-bond donors (Lipinski definition) is 1. The van der Waals surface area contributed by atoms with Crippen LogP contribution in [0.15, 0.2) is 4.99 Å². The van der Waals surface area contributed by atoms with Crippen LogP contribution in [0.1, 0.15) is 71.6 Å². The van der Waals surface area contributed by atoms with Crippen LogP contribution in [0.4, 0.5) is 0 Å². The van der Waals surface area contributed by atoms with Crippen LogP contribution in [0.5, 0.6) is 0 Å². The van der Waals surface area contributed by atoms with Crippen molar-refractivity contribution in [2.45, 2.75) is 77.7 Å². The minimum atomic E-state index is 0.450. The zero-order chi connectivity index (χ0) is 16.3. The fraction of sp³-hybridized carbons (Fsp3) is 0.947. The molecule has 0 atom stereocenters. The van der Waals surface area contributed by atoms with Crippen LogP contribution in [-0.4, -0.2) is 49.7 Å². The van der Waals surface area contributed by atoms with E-state index in [9.17, 15) is 0 Å². The predicted octanol–water partition coefficient (Wildman–Crippen LogP) is 3.81. The smallest absolute Gasteiger partial charge is 0.193 e. The maximum absolute atomic E-state index is 5.75. The lowest BCUT2D eigenvalue weighted by atomic mass is 10.0. The van der Waals surface area contributed by atoms with Crippen molar-refractivity contribution in [3.63, 3.8) is 0 Å². The lowest BCUT2D eigenvalue weighted by Gasteiger charge is -2.34. The Bertz CT molecular complexity index is 332. The van der Waals surface area contributed by atoms with E-state index in [2.05, 4.69) is 24.1 Å². The van der Waals surface area contributed by atoms with E-state index in [0.29, 0.717) is 6.10 Å². The van der Waals surface area contributed by atoms with Crippen molar-refractivity contribution in [1.82, 2.24) is 10.2 Å². The highest BCUT2D eigenvalue weighted by Crippen LogP contribution is 2.28. The largest absolute Gasteiger partial charge is 0.378 e. The molecule has 1 N–H and O–H groups in total. The van der Waals surface area contributed by atoms with Gasteiger partial charge in [0.2, 0.25) is 0 Å². The molecule has 2 rings (SSSR count). The zero-order valence-electron chi connectivity index (χ0n) is 15.4. The first-order valence-electron chi connectivity index (χ1n) is 9.98. The van der Waals surface area contributed by atoms with E-state index in [1.165, 1.54) is 44.9 Å². The van der Waals surface area contributed by atoms with Crippen LogP contribution in [0.3, 0.4) is 0 Å². The molecule has 0 radical (unpaired) electrons. The van der Waals surface area contributed by atoms with Crippen LogP contribution in [-0.2, 0) is 4.74 Å². The topological polar surface area (TPSA) is 36.9 Å². The summed E-state index contributed by atoms with van der Waals surface area (Å²) < 4.78 is 5.75. The highest BCUT2D eigenvalue weighted by molar-refractivity contribution is 5.80. The molecule has 1 saturated heterocycles. The van der Waals surface area contributed by atoms with Crippen LogP contribution in [0.25, 0.3) is 0 Å². The van der Waals surface area contributed by atoms with E-state index in [1.54, 1.807) is 0 Å². The maximum Gasteiger partial charge on any atom is 0.193 e. The molecule has 0 aromatic heterocycles. The summed E-state index contributed by atoms with van der Waals surface area (Å²) in [5.41, 5.74) is 0. The van der Waals surface area contributed by atoms with Crippen molar-refractivity contribution in [2.24, 2.45) is 10.9 Å². The normalized spacial score (nSPS) is 21.1. The molecule has 0 unspecified atom stereocenters. The van der Waals surface area contributed by atoms with Crippen LogP contribution >= 0.6 is 0 Å². The van der Waals surface area contributed by atoms with Gasteiger partial charge in [0.25, 0.3) is 0 Å². The number of nitrogens with one attached hydrogen (secondary N) is 1. The van der Waals surface area contributed by atoms with Gasteiger partial charge in [-0.05, 0) is 39.0 Å². The molecule has 134 valence electrons. The van der Waals surface area contributed by atoms with Crippen molar-refractivity contribution in [2.75, 3.05) is 32.8 Å². The van der Waals surface area contributed by atoms with Crippen molar-refractivity contribution in [3.05, 3.63) is 0 Å². The van der Waals surface area contributed by atoms with Crippen LogP contribution < -0.4 is 5.32 Å². The number of nitrogens with zero attached hydrogens (tertiary/aromatic N) is 2. The van der Waals surface area contributed by atoms with E-state index >= 15 is 0 Å². The lowest BCUT2D eigenvalue weighted by molar-refractivity contribution is 0.0264. The minimum Gasteiger partial charge on any atom is -0.378 e. The van der Waals surface area contributed by atoms with Crippen LogP contribution in [0, 0.1) is 5.92 Å². The molecule has 1 aliphatic heterocycles. The molecular weight excluding hydrogens is 286 g/mol. The van der Waals surface area contributed by atoms with Crippen molar-refractivity contribution >= 4 is 5.96 Å². The van der Waals surface area contributed by atoms with Crippen molar-refractivity contribution in [3.8, 4) is 0 Å². The third kappa shape index (κ3) is 6.70. The summed E-state index contributed by atoms with van der Waals surface area (Å²) >= 11 is 0. The minimum absolute atomic E-state index is 0.450. The molecule has 0 aromatic rings. The SMILES string of the molecule is CCNC(=NCCCCC1CCCC1)N1CCC(OCC)CC1. The first-order valence-corrected chi connectivity index (χ1v) is 9.98. The van der Waals surface area contributed by atoms with E-state index in [0.717, 1.165) is 57.5 Å². The molecule has 1 heterocycles. The number of rotatable bonds is 8. The Kier molecular flexibility index (Phi) is 8.80. The molecule has 4 heteroatoms. The van der Waals surface area contributed by atoms with E-state index in [1.807, 2.05) is 0 Å². The Balaban J connectivity index is 1.67. The summed E-state index contributed by atoms with van der Waals surface area (Å²) in [5.74, 6) is 2.13. The Morgan fingerprint density at radius 1 is 1.09 bits per heavy atom. The van der Waals surface area contributed by atoms with E-state index in [4.69, 9.17) is 9.73 Å². The molecule has 0 spiro atoms. The van der Waals surface area contributed by atoms with Gasteiger partial charge >= 0.3 is 0 Å². The summed E-state index contributed by atoms with van der Waals surface area (Å²) in [6, 6.07) is 0. The number of unbranched alkanes of at least 4 members (excludes halogenated alkanes) is 1. The molecule has 0 bridgehead atoms. The van der Waals surface area contributed by atoms with Gasteiger partial charge in [-0.3, -0.25) is 4.99 Å². The predicted molar refractivity (Wildman–Crippen MR) is 98.0 cm³/mol. The Labute approximate surface area is 143 Å². The molecule has 0 aromatic carbocycles. The molecule has 1 saturated carbocycles. The third-order valence-electron chi connectivity index (χ3n) is 5.24. The highest BCUT2D eigenvalue weighted by Gasteiger charge is 2.21. The Morgan fingerprint density at radius 3 is 2.48 bits per heavy atom. The second-order valence-electron chi connectivity index (χ2n) is 7.02. The second kappa shape index (κ2) is 10.9. The fourth-order valence-electron chi connectivity index (χ4n) is 3.92. The van der Waals surface area contributed by atoms with E-state index in [-0.39, 0.29) is 0 Å². The zero-order valence-corrected chi connectivity index (χ0v) is 15.4. The average molecular weight is 324 g/mol. The first-order chi connectivity index (χ1) is 11.3. The molecule has 2 fully saturated rings. The number of guanidine groups is 1.